The molecule has 1 aliphatic heterocycles. The average Bonchev–Trinajstić information content (AvgIpc) is 3.08. The second-order valence-electron chi connectivity index (χ2n) is 7.33. The van der Waals surface area contributed by atoms with Crippen LogP contribution in [-0.2, 0) is 11.8 Å². The molecular formula is C22H23FN4O2S. The first kappa shape index (κ1) is 20.4. The number of thioether (sulfide) groups is 1. The van der Waals surface area contributed by atoms with Crippen LogP contribution in [-0.4, -0.2) is 44.0 Å². The number of hydrogen-bond acceptors (Lipinski definition) is 4. The van der Waals surface area contributed by atoms with E-state index in [4.69, 9.17) is 0 Å². The molecule has 1 amide bonds. The van der Waals surface area contributed by atoms with Crippen LogP contribution in [0.15, 0.2) is 64.3 Å². The summed E-state index contributed by atoms with van der Waals surface area (Å²) in [4.78, 5) is 27.9. The van der Waals surface area contributed by atoms with Gasteiger partial charge in [0, 0.05) is 31.0 Å². The normalized spacial score (nSPS) is 14.8. The molecule has 0 radical (unpaired) electrons. The van der Waals surface area contributed by atoms with Gasteiger partial charge in [0.05, 0.1) is 11.4 Å². The van der Waals surface area contributed by atoms with Crippen molar-refractivity contribution in [1.82, 2.24) is 19.2 Å². The van der Waals surface area contributed by atoms with Gasteiger partial charge in [-0.05, 0) is 49.2 Å². The van der Waals surface area contributed by atoms with E-state index in [2.05, 4.69) is 5.10 Å². The lowest BCUT2D eigenvalue weighted by atomic mass is 9.95. The molecule has 0 spiro atoms. The molecule has 0 N–H and O–H groups in total. The maximum absolute atomic E-state index is 13.0. The number of piperidine rings is 1. The number of halogens is 1. The van der Waals surface area contributed by atoms with Crippen molar-refractivity contribution in [1.29, 1.82) is 0 Å². The van der Waals surface area contributed by atoms with E-state index in [1.165, 1.54) is 28.6 Å². The van der Waals surface area contributed by atoms with Crippen LogP contribution in [0.2, 0.25) is 0 Å². The van der Waals surface area contributed by atoms with Crippen molar-refractivity contribution in [3.8, 4) is 5.69 Å². The minimum atomic E-state index is -0.281. The van der Waals surface area contributed by atoms with Gasteiger partial charge in [0.15, 0.2) is 0 Å². The third-order valence-corrected chi connectivity index (χ3v) is 6.35. The van der Waals surface area contributed by atoms with Gasteiger partial charge in [-0.15, -0.1) is 11.8 Å². The van der Waals surface area contributed by atoms with Crippen LogP contribution in [0.1, 0.15) is 24.6 Å². The molecule has 0 atom stereocenters. The molecule has 156 valence electrons. The molecule has 8 heteroatoms. The number of rotatable bonds is 5. The topological polar surface area (TPSA) is 60.1 Å². The van der Waals surface area contributed by atoms with Crippen LogP contribution in [0.25, 0.3) is 5.69 Å². The Hall–Kier alpha value is -2.87. The monoisotopic (exact) mass is 426 g/mol. The second-order valence-corrected chi connectivity index (χ2v) is 8.38. The van der Waals surface area contributed by atoms with Gasteiger partial charge in [0.25, 0.3) is 0 Å². The Labute approximate surface area is 178 Å². The summed E-state index contributed by atoms with van der Waals surface area (Å²) in [6.07, 6.45) is 1.52. The van der Waals surface area contributed by atoms with E-state index < -0.39 is 0 Å². The number of amides is 1. The second kappa shape index (κ2) is 8.87. The van der Waals surface area contributed by atoms with Gasteiger partial charge in [-0.3, -0.25) is 4.79 Å². The van der Waals surface area contributed by atoms with Gasteiger partial charge >= 0.3 is 5.69 Å². The lowest BCUT2D eigenvalue weighted by Gasteiger charge is -2.31. The Morgan fingerprint density at radius 1 is 1.10 bits per heavy atom. The summed E-state index contributed by atoms with van der Waals surface area (Å²) < 4.78 is 16.1. The van der Waals surface area contributed by atoms with Gasteiger partial charge in [0.1, 0.15) is 11.6 Å². The van der Waals surface area contributed by atoms with Crippen LogP contribution in [0.4, 0.5) is 4.39 Å². The first-order valence-electron chi connectivity index (χ1n) is 9.90. The standard InChI is InChI=1S/C22H23FN4O2S/c1-25-22(29)27(18-5-3-2-4-6-18)21(24-25)16-11-13-26(14-12-16)20(28)15-30-19-9-7-17(23)8-10-19/h2-10,16H,11-15H2,1H3. The zero-order valence-electron chi connectivity index (χ0n) is 16.7. The van der Waals surface area contributed by atoms with Gasteiger partial charge in [-0.2, -0.15) is 5.10 Å². The van der Waals surface area contributed by atoms with Gasteiger partial charge in [-0.25, -0.2) is 18.4 Å². The summed E-state index contributed by atoms with van der Waals surface area (Å²) in [6, 6.07) is 15.7. The van der Waals surface area contributed by atoms with Crippen LogP contribution < -0.4 is 5.69 Å². The predicted octanol–water partition coefficient (Wildman–Crippen LogP) is 3.21. The molecule has 6 nitrogen and oxygen atoms in total. The van der Waals surface area contributed by atoms with E-state index in [1.807, 2.05) is 35.2 Å². The zero-order chi connectivity index (χ0) is 21.1. The van der Waals surface area contributed by atoms with Crippen molar-refractivity contribution < 1.29 is 9.18 Å². The highest BCUT2D eigenvalue weighted by atomic mass is 32.2. The Morgan fingerprint density at radius 3 is 2.43 bits per heavy atom. The van der Waals surface area contributed by atoms with E-state index >= 15 is 0 Å². The molecule has 1 fully saturated rings. The molecule has 30 heavy (non-hydrogen) atoms. The number of nitrogens with zero attached hydrogens (tertiary/aromatic N) is 4. The van der Waals surface area contributed by atoms with E-state index in [9.17, 15) is 14.0 Å². The molecule has 1 aromatic heterocycles. The van der Waals surface area contributed by atoms with E-state index in [0.29, 0.717) is 18.8 Å². The van der Waals surface area contributed by atoms with Crippen molar-refractivity contribution in [2.75, 3.05) is 18.8 Å². The number of hydrogen-bond donors (Lipinski definition) is 0. The smallest absolute Gasteiger partial charge is 0.342 e. The minimum absolute atomic E-state index is 0.0734. The SMILES string of the molecule is Cn1nc(C2CCN(C(=O)CSc3ccc(F)cc3)CC2)n(-c2ccccc2)c1=O. The maximum atomic E-state index is 13.0. The van der Waals surface area contributed by atoms with Crippen LogP contribution >= 0.6 is 11.8 Å². The largest absolute Gasteiger partial charge is 0.350 e. The van der Waals surface area contributed by atoms with Crippen LogP contribution in [0, 0.1) is 5.82 Å². The molecule has 0 aliphatic carbocycles. The Kier molecular flexibility index (Phi) is 6.03. The highest BCUT2D eigenvalue weighted by molar-refractivity contribution is 8.00. The molecule has 0 saturated carbocycles. The molecule has 2 aromatic carbocycles. The number of aryl methyl sites for hydroxylation is 1. The quantitative estimate of drug-likeness (QED) is 0.588. The Morgan fingerprint density at radius 2 is 1.77 bits per heavy atom. The number of benzene rings is 2. The highest BCUT2D eigenvalue weighted by Crippen LogP contribution is 2.28. The Balaban J connectivity index is 1.40. The van der Waals surface area contributed by atoms with Gasteiger partial charge in [0.2, 0.25) is 5.91 Å². The minimum Gasteiger partial charge on any atom is -0.342 e. The first-order valence-corrected chi connectivity index (χ1v) is 10.9. The molecule has 0 unspecified atom stereocenters. The van der Waals surface area contributed by atoms with Crippen LogP contribution in [0.3, 0.4) is 0 Å². The van der Waals surface area contributed by atoms with Crippen LogP contribution in [0.5, 0.6) is 0 Å². The zero-order valence-corrected chi connectivity index (χ0v) is 17.5. The predicted molar refractivity (Wildman–Crippen MR) is 114 cm³/mol. The highest BCUT2D eigenvalue weighted by Gasteiger charge is 2.28. The number of aromatic nitrogens is 3. The summed E-state index contributed by atoms with van der Waals surface area (Å²) in [5.41, 5.74) is 0.644. The number of carbonyl (C=O) groups is 1. The average molecular weight is 427 g/mol. The summed E-state index contributed by atoms with van der Waals surface area (Å²) in [5, 5.41) is 4.49. The lowest BCUT2D eigenvalue weighted by molar-refractivity contribution is -0.129. The maximum Gasteiger partial charge on any atom is 0.350 e. The molecule has 1 saturated heterocycles. The Bertz CT molecular complexity index is 1070. The molecule has 4 rings (SSSR count). The van der Waals surface area contributed by atoms with Crippen molar-refractivity contribution in [2.45, 2.75) is 23.7 Å². The van der Waals surface area contributed by atoms with E-state index in [-0.39, 0.29) is 23.3 Å². The molecule has 2 heterocycles. The first-order chi connectivity index (χ1) is 14.5. The molecule has 1 aliphatic rings. The van der Waals surface area contributed by atoms with Crippen molar-refractivity contribution in [3.05, 3.63) is 76.7 Å². The number of likely N-dealkylation sites (tertiary alicyclic amines) is 1. The van der Waals surface area contributed by atoms with Crippen molar-refractivity contribution in [2.24, 2.45) is 7.05 Å². The third kappa shape index (κ3) is 4.33. The van der Waals surface area contributed by atoms with Crippen molar-refractivity contribution in [3.63, 3.8) is 0 Å². The van der Waals surface area contributed by atoms with E-state index in [0.717, 1.165) is 29.2 Å². The fourth-order valence-electron chi connectivity index (χ4n) is 3.72. The lowest BCUT2D eigenvalue weighted by Crippen LogP contribution is -2.39. The fourth-order valence-corrected chi connectivity index (χ4v) is 4.52. The number of para-hydroxylation sites is 1. The van der Waals surface area contributed by atoms with Gasteiger partial charge in [-0.1, -0.05) is 18.2 Å². The molecular weight excluding hydrogens is 403 g/mol. The molecule has 0 bridgehead atoms. The van der Waals surface area contributed by atoms with Crippen molar-refractivity contribution >= 4 is 17.7 Å². The fraction of sp³-hybridized carbons (Fsp3) is 0.318. The summed E-state index contributed by atoms with van der Waals surface area (Å²) >= 11 is 1.41. The summed E-state index contributed by atoms with van der Waals surface area (Å²) in [7, 11) is 1.66. The third-order valence-electron chi connectivity index (χ3n) is 5.35. The molecule has 3 aromatic rings. The summed E-state index contributed by atoms with van der Waals surface area (Å²) in [5.74, 6) is 0.990. The summed E-state index contributed by atoms with van der Waals surface area (Å²) in [6.45, 7) is 1.26. The van der Waals surface area contributed by atoms with Gasteiger partial charge < -0.3 is 4.90 Å². The van der Waals surface area contributed by atoms with E-state index in [1.54, 1.807) is 23.7 Å². The number of carbonyl (C=O) groups excluding carboxylic acids is 1.